The predicted molar refractivity (Wildman–Crippen MR) is 218 cm³/mol. The summed E-state index contributed by atoms with van der Waals surface area (Å²) in [7, 11) is -4.13. The molecule has 0 unspecified atom stereocenters. The lowest BCUT2D eigenvalue weighted by Gasteiger charge is -2.30. The zero-order valence-electron chi connectivity index (χ0n) is 32.1. The fraction of sp³-hybridized carbons (Fsp3) is 0.304. The molecule has 1 aliphatic rings. The molecule has 10 heteroatoms. The van der Waals surface area contributed by atoms with E-state index in [-0.39, 0.29) is 31.3 Å². The molecule has 9 nitrogen and oxygen atoms in total. The molecule has 1 saturated heterocycles. The fourth-order valence-electron chi connectivity index (χ4n) is 7.27. The minimum atomic E-state index is -4.13. The monoisotopic (exact) mass is 770 g/mol. The van der Waals surface area contributed by atoms with Crippen molar-refractivity contribution in [3.63, 3.8) is 0 Å². The quantitative estimate of drug-likeness (QED) is 0.0866. The number of benzene rings is 5. The van der Waals surface area contributed by atoms with Crippen LogP contribution in [0.2, 0.25) is 0 Å². The molecule has 0 radical (unpaired) electrons. The van der Waals surface area contributed by atoms with Gasteiger partial charge in [-0.15, -0.1) is 5.10 Å². The highest BCUT2D eigenvalue weighted by Crippen LogP contribution is 2.38. The molecule has 0 saturated carbocycles. The molecule has 290 valence electrons. The second kappa shape index (κ2) is 18.8. The molecular weight excluding hydrogens is 721 g/mol. The van der Waals surface area contributed by atoms with Crippen molar-refractivity contribution in [2.45, 2.75) is 88.7 Å². The van der Waals surface area contributed by atoms with Crippen LogP contribution in [0.4, 0.5) is 0 Å². The first-order valence-corrected chi connectivity index (χ1v) is 20.9. The Morgan fingerprint density at radius 2 is 1.20 bits per heavy atom. The number of hydrogen-bond acceptors (Lipinski definition) is 7. The Balaban J connectivity index is 1.28. The van der Waals surface area contributed by atoms with Crippen molar-refractivity contribution in [3.8, 4) is 11.3 Å². The summed E-state index contributed by atoms with van der Waals surface area (Å²) in [6.07, 6.45) is 3.80. The van der Waals surface area contributed by atoms with Crippen LogP contribution >= 0.6 is 0 Å². The summed E-state index contributed by atoms with van der Waals surface area (Å²) < 4.78 is 53.5. The van der Waals surface area contributed by atoms with Crippen molar-refractivity contribution in [3.05, 3.63) is 174 Å². The van der Waals surface area contributed by atoms with E-state index in [2.05, 4.69) is 41.5 Å². The molecule has 0 spiro atoms. The van der Waals surface area contributed by atoms with Crippen LogP contribution in [0.15, 0.2) is 151 Å². The van der Waals surface area contributed by atoms with Gasteiger partial charge in [0.05, 0.1) is 56.1 Å². The van der Waals surface area contributed by atoms with E-state index in [1.54, 1.807) is 21.1 Å². The largest absolute Gasteiger partial charge is 0.375 e. The van der Waals surface area contributed by atoms with E-state index in [4.69, 9.17) is 14.2 Å². The molecule has 7 rings (SSSR count). The zero-order valence-corrected chi connectivity index (χ0v) is 32.9. The summed E-state index contributed by atoms with van der Waals surface area (Å²) in [4.78, 5) is 0.189. The number of sulfonamides is 1. The average Bonchev–Trinajstić information content (AvgIpc) is 3.82. The molecule has 0 aliphatic carbocycles. The Bertz CT molecular complexity index is 2200. The summed E-state index contributed by atoms with van der Waals surface area (Å²) in [5, 5.41) is 9.08. The number of nitrogens with zero attached hydrogens (tertiary/aromatic N) is 4. The van der Waals surface area contributed by atoms with Gasteiger partial charge in [0.2, 0.25) is 10.0 Å². The van der Waals surface area contributed by atoms with Crippen molar-refractivity contribution in [1.29, 1.82) is 0 Å². The summed E-state index contributed by atoms with van der Waals surface area (Å²) in [6.45, 7) is 5.22. The van der Waals surface area contributed by atoms with Crippen LogP contribution in [0.3, 0.4) is 0 Å². The molecule has 1 fully saturated rings. The van der Waals surface area contributed by atoms with E-state index in [1.807, 2.05) is 116 Å². The standard InChI is InChI=1S/C46H50N4O5S/c1-3-4-14-36-23-25-40(26-24-36)42-29-49(48-47-42)30-43-45(54-32-38-17-10-6-11-18-38)46(55-33-39-19-12-7-13-20-39)44(34-53-31-37-15-8-5-9-16-37)50(43)56(51,52)41-27-21-35(2)22-28-41/h5-13,15-29,43-46H,3-4,14,30-34H2,1-2H3/t43-,44+,45+,46+/m0/s1. The van der Waals surface area contributed by atoms with Gasteiger partial charge in [0.1, 0.15) is 17.9 Å². The third-order valence-electron chi connectivity index (χ3n) is 10.3. The summed E-state index contributed by atoms with van der Waals surface area (Å²) in [6, 6.07) is 43.6. The molecule has 56 heavy (non-hydrogen) atoms. The second-order valence-electron chi connectivity index (χ2n) is 14.4. The van der Waals surface area contributed by atoms with Crippen molar-refractivity contribution in [1.82, 2.24) is 19.3 Å². The number of rotatable bonds is 18. The molecule has 1 aromatic heterocycles. The highest BCUT2D eigenvalue weighted by molar-refractivity contribution is 7.89. The second-order valence-corrected chi connectivity index (χ2v) is 16.3. The van der Waals surface area contributed by atoms with Crippen LogP contribution in [0.1, 0.15) is 47.6 Å². The number of ether oxygens (including phenoxy) is 3. The van der Waals surface area contributed by atoms with E-state index in [0.29, 0.717) is 12.3 Å². The lowest BCUT2D eigenvalue weighted by atomic mass is 10.1. The first-order valence-electron chi connectivity index (χ1n) is 19.4. The van der Waals surface area contributed by atoms with Gasteiger partial charge in [-0.2, -0.15) is 4.31 Å². The average molecular weight is 771 g/mol. The van der Waals surface area contributed by atoms with Crippen LogP contribution in [0, 0.1) is 6.92 Å². The van der Waals surface area contributed by atoms with Gasteiger partial charge in [0, 0.05) is 5.56 Å². The van der Waals surface area contributed by atoms with Gasteiger partial charge >= 0.3 is 0 Å². The van der Waals surface area contributed by atoms with Crippen molar-refractivity contribution in [2.75, 3.05) is 6.61 Å². The first-order chi connectivity index (χ1) is 27.4. The lowest BCUT2D eigenvalue weighted by Crippen LogP contribution is -2.47. The van der Waals surface area contributed by atoms with Gasteiger partial charge in [-0.05, 0) is 54.2 Å². The number of aromatic nitrogens is 3. The van der Waals surface area contributed by atoms with Crippen LogP contribution in [0.5, 0.6) is 0 Å². The first kappa shape index (κ1) is 39.3. The lowest BCUT2D eigenvalue weighted by molar-refractivity contribution is -0.0871. The highest BCUT2D eigenvalue weighted by atomic mass is 32.2. The molecule has 4 atom stereocenters. The van der Waals surface area contributed by atoms with Crippen LogP contribution in [0.25, 0.3) is 11.3 Å². The molecule has 0 N–H and O–H groups in total. The maximum atomic E-state index is 15.1. The Hall–Kier alpha value is -4.97. The minimum absolute atomic E-state index is 0.0775. The zero-order chi connectivity index (χ0) is 38.7. The Kier molecular flexibility index (Phi) is 13.2. The SMILES string of the molecule is CCCCc1ccc(-c2cn(C[C@H]3[C@@H](OCc4ccccc4)[C@H](OCc4ccccc4)[C@@H](COCc4ccccc4)N3S(=O)(=O)c3ccc(C)cc3)nn2)cc1. The topological polar surface area (TPSA) is 95.8 Å². The fourth-order valence-corrected chi connectivity index (χ4v) is 9.07. The van der Waals surface area contributed by atoms with Crippen molar-refractivity contribution in [2.24, 2.45) is 0 Å². The normalized spacial score (nSPS) is 18.7. The van der Waals surface area contributed by atoms with Gasteiger partial charge in [-0.25, -0.2) is 8.42 Å². The van der Waals surface area contributed by atoms with E-state index in [9.17, 15) is 0 Å². The molecule has 5 aromatic carbocycles. The predicted octanol–water partition coefficient (Wildman–Crippen LogP) is 8.43. The third kappa shape index (κ3) is 9.69. The third-order valence-corrected chi connectivity index (χ3v) is 12.2. The van der Waals surface area contributed by atoms with Gasteiger partial charge in [-0.1, -0.05) is 152 Å². The molecule has 6 aromatic rings. The molecule has 1 aliphatic heterocycles. The number of hydrogen-bond donors (Lipinski definition) is 0. The Morgan fingerprint density at radius 3 is 1.77 bits per heavy atom. The molecular formula is C46H50N4O5S. The van der Waals surface area contributed by atoms with Crippen molar-refractivity contribution >= 4 is 10.0 Å². The summed E-state index contributed by atoms with van der Waals surface area (Å²) >= 11 is 0. The highest BCUT2D eigenvalue weighted by Gasteiger charge is 2.56. The van der Waals surface area contributed by atoms with E-state index < -0.39 is 34.3 Å². The van der Waals surface area contributed by atoms with E-state index in [0.717, 1.165) is 47.1 Å². The summed E-state index contributed by atoms with van der Waals surface area (Å²) in [5.41, 5.74) is 6.82. The summed E-state index contributed by atoms with van der Waals surface area (Å²) in [5.74, 6) is 0. The van der Waals surface area contributed by atoms with Gasteiger partial charge in [0.25, 0.3) is 0 Å². The Labute approximate surface area is 330 Å². The maximum Gasteiger partial charge on any atom is 0.243 e. The van der Waals surface area contributed by atoms with Gasteiger partial charge in [-0.3, -0.25) is 4.68 Å². The minimum Gasteiger partial charge on any atom is -0.375 e. The molecule has 0 amide bonds. The van der Waals surface area contributed by atoms with E-state index >= 15 is 8.42 Å². The van der Waals surface area contributed by atoms with Crippen molar-refractivity contribution < 1.29 is 22.6 Å². The van der Waals surface area contributed by atoms with Crippen LogP contribution in [-0.4, -0.2) is 58.6 Å². The van der Waals surface area contributed by atoms with Gasteiger partial charge in [0.15, 0.2) is 0 Å². The molecule has 0 bridgehead atoms. The van der Waals surface area contributed by atoms with Gasteiger partial charge < -0.3 is 14.2 Å². The number of aryl methyl sites for hydroxylation is 2. The molecule has 2 heterocycles. The van der Waals surface area contributed by atoms with Crippen LogP contribution in [-0.2, 0) is 57.0 Å². The Morgan fingerprint density at radius 1 is 0.643 bits per heavy atom. The van der Waals surface area contributed by atoms with Crippen LogP contribution < -0.4 is 0 Å². The number of unbranched alkanes of at least 4 members (excludes halogenated alkanes) is 1. The smallest absolute Gasteiger partial charge is 0.243 e. The van der Waals surface area contributed by atoms with E-state index in [1.165, 1.54) is 5.56 Å². The maximum absolute atomic E-state index is 15.1.